The number of thioether (sulfide) groups is 1. The molecule has 2 amide bonds. The number of aliphatic hydroxyl groups is 5. The normalized spacial score (nSPS) is 34.0. The van der Waals surface area contributed by atoms with Crippen LogP contribution in [0.5, 0.6) is 0 Å². The number of phosphoric ester groups is 3. The fourth-order valence-corrected chi connectivity index (χ4v) is 17.3. The summed E-state index contributed by atoms with van der Waals surface area (Å²) in [5, 5.41) is 59.7. The summed E-state index contributed by atoms with van der Waals surface area (Å²) in [6.07, 6.45) is 0.531. The summed E-state index contributed by atoms with van der Waals surface area (Å²) in [7, 11) is -16.5. The number of imidazole rings is 1. The maximum atomic E-state index is 13.1. The second-order valence-electron chi connectivity index (χ2n) is 23.6. The molecule has 6 unspecified atom stereocenters. The van der Waals surface area contributed by atoms with Crippen molar-refractivity contribution in [3.05, 3.63) is 12.7 Å². The Morgan fingerprint density at radius 2 is 1.59 bits per heavy atom. The third kappa shape index (κ3) is 14.9. The number of hydrogen-bond acceptors (Lipinski definition) is 21. The molecule has 4 aliphatic carbocycles. The van der Waals surface area contributed by atoms with Gasteiger partial charge in [0.2, 0.25) is 11.8 Å². The van der Waals surface area contributed by atoms with Gasteiger partial charge in [-0.1, -0.05) is 53.3 Å². The maximum absolute atomic E-state index is 13.1. The van der Waals surface area contributed by atoms with Crippen molar-refractivity contribution in [2.24, 2.45) is 57.7 Å². The molecule has 0 spiro atoms. The minimum atomic E-state index is -5.61. The maximum Gasteiger partial charge on any atom is 0.481 e. The van der Waals surface area contributed by atoms with Crippen molar-refractivity contribution < 1.29 is 95.8 Å². The molecule has 0 aromatic carbocycles. The summed E-state index contributed by atoms with van der Waals surface area (Å²) in [4.78, 5) is 89.9. The standard InChI is InChI=1S/C48H80N7O20P3S/c1-25(29-8-9-30-36-31(12-15-48(29,30)6)47(5)14-11-28(56)19-27(47)20-33(36)58)7-10-32(57)26(2)45(63)79-18-17-50-35(59)13-16-51-43(62)40(61)46(3,4)22-72-78(69,70)75-77(67,68)71-21-34-39(74-76(64,65)66)38(60)44(73-34)55-24-54-37-41(49)52-23-53-42(37)55/h23-34,36,38-40,44,56-58,60-61H,7-22H2,1-6H3,(H,50,59)(H,51,62)(H,67,68)(H,69,70)(H2,49,52,53)(H2,64,65,66)/t25-,26?,27+,28-,29-,30+,31?,32?,33-,34-,36+,38-,39-,40+,44-,47+,48?/m1/s1. The quantitative estimate of drug-likeness (QED) is 0.0502. The van der Waals surface area contributed by atoms with Gasteiger partial charge in [0.05, 0.1) is 43.8 Å². The number of nitrogens with zero attached hydrogens (tertiary/aromatic N) is 4. The van der Waals surface area contributed by atoms with Gasteiger partial charge >= 0.3 is 23.5 Å². The van der Waals surface area contributed by atoms with Crippen LogP contribution in [0.25, 0.3) is 11.2 Å². The number of fused-ring (bicyclic) bond motifs is 6. The van der Waals surface area contributed by atoms with Crippen LogP contribution in [0.2, 0.25) is 0 Å². The number of amides is 2. The number of nitrogens with two attached hydrogens (primary N) is 1. The third-order valence-corrected chi connectivity index (χ3v) is 22.2. The van der Waals surface area contributed by atoms with Crippen LogP contribution >= 0.6 is 35.2 Å². The Hall–Kier alpha value is -2.56. The molecule has 3 heterocycles. The van der Waals surface area contributed by atoms with Crippen molar-refractivity contribution in [2.45, 2.75) is 161 Å². The van der Waals surface area contributed by atoms with Crippen LogP contribution in [0.4, 0.5) is 5.82 Å². The van der Waals surface area contributed by atoms with Crippen molar-refractivity contribution in [3.8, 4) is 0 Å². The van der Waals surface area contributed by atoms with E-state index >= 15 is 0 Å². The molecule has 5 fully saturated rings. The molecule has 31 heteroatoms. The zero-order valence-corrected chi connectivity index (χ0v) is 48.8. The van der Waals surface area contributed by atoms with Gasteiger partial charge in [-0.25, -0.2) is 28.6 Å². The van der Waals surface area contributed by atoms with Gasteiger partial charge in [0.15, 0.2) is 22.8 Å². The highest BCUT2D eigenvalue weighted by atomic mass is 32.2. The summed E-state index contributed by atoms with van der Waals surface area (Å²) in [6.45, 7) is 9.12. The molecule has 5 aliphatic rings. The van der Waals surface area contributed by atoms with Gasteiger partial charge < -0.3 is 66.2 Å². The number of ether oxygens (including phenoxy) is 1. The Bertz CT molecular complexity index is 2640. The predicted octanol–water partition coefficient (Wildman–Crippen LogP) is 3.07. The number of nitrogen functional groups attached to an aromatic ring is 1. The van der Waals surface area contributed by atoms with Crippen LogP contribution in [0.1, 0.15) is 118 Å². The smallest absolute Gasteiger partial charge is 0.393 e. The summed E-state index contributed by atoms with van der Waals surface area (Å²) < 4.78 is 62.8. The van der Waals surface area contributed by atoms with E-state index in [1.165, 1.54) is 13.8 Å². The second kappa shape index (κ2) is 25.3. The molecule has 1 aliphatic heterocycles. The highest BCUT2D eigenvalue weighted by Gasteiger charge is 2.63. The molecule has 79 heavy (non-hydrogen) atoms. The lowest BCUT2D eigenvalue weighted by Gasteiger charge is -2.62. The van der Waals surface area contributed by atoms with E-state index in [0.29, 0.717) is 36.0 Å². The van der Waals surface area contributed by atoms with E-state index < -0.39 is 96.6 Å². The van der Waals surface area contributed by atoms with E-state index in [2.05, 4.69) is 55.2 Å². The van der Waals surface area contributed by atoms with Crippen LogP contribution in [-0.4, -0.2) is 156 Å². The number of anilines is 1. The largest absolute Gasteiger partial charge is 0.481 e. The van der Waals surface area contributed by atoms with Crippen LogP contribution in [0, 0.1) is 57.7 Å². The predicted molar refractivity (Wildman–Crippen MR) is 283 cm³/mol. The average Bonchev–Trinajstić information content (AvgIpc) is 4.27. The Kier molecular flexibility index (Phi) is 20.5. The molecule has 0 radical (unpaired) electrons. The van der Waals surface area contributed by atoms with E-state index in [4.69, 9.17) is 19.5 Å². The molecule has 19 atom stereocenters. The van der Waals surface area contributed by atoms with Gasteiger partial charge in [0.1, 0.15) is 36.3 Å². The number of nitrogens with one attached hydrogen (secondary N) is 2. The molecule has 2 aromatic heterocycles. The molecule has 7 rings (SSSR count). The Morgan fingerprint density at radius 3 is 2.30 bits per heavy atom. The fraction of sp³-hybridized carbons (Fsp3) is 0.833. The Morgan fingerprint density at radius 1 is 0.911 bits per heavy atom. The topological polar surface area (TPSA) is 424 Å². The second-order valence-corrected chi connectivity index (χ2v) is 28.9. The van der Waals surface area contributed by atoms with Crippen LogP contribution in [-0.2, 0) is 50.7 Å². The SMILES string of the molecule is CC(C(=O)SCCNC(=O)CCNC(=O)[C@H](O)C(C)(C)COP(=O)(O)OP(=O)(O)OC[C@H]1O[C@@H](n2cnc3c(N)ncnc32)[C@H](O)[C@@H]1OP(=O)(O)O)C(O)CC[C@@H](C)[C@H]1CC[C@H]2[C@H]3C(CCC12C)[C@@]1(C)CC[C@@H](O)C[C@H]1C[C@H]3O. The van der Waals surface area contributed by atoms with Gasteiger partial charge in [-0.05, 0) is 111 Å². The van der Waals surface area contributed by atoms with Gasteiger partial charge in [-0.3, -0.25) is 32.5 Å². The molecule has 1 saturated heterocycles. The minimum Gasteiger partial charge on any atom is -0.393 e. The summed E-state index contributed by atoms with van der Waals surface area (Å²) in [6, 6.07) is 0. The van der Waals surface area contributed by atoms with Gasteiger partial charge in [-0.15, -0.1) is 0 Å². The fourth-order valence-electron chi connectivity index (χ4n) is 13.6. The van der Waals surface area contributed by atoms with Crippen LogP contribution < -0.4 is 16.4 Å². The molecular formula is C48H80N7O20P3S. The van der Waals surface area contributed by atoms with Crippen molar-refractivity contribution >= 4 is 69.1 Å². The zero-order chi connectivity index (χ0) is 58.2. The molecular weight excluding hydrogens is 1120 g/mol. The minimum absolute atomic E-state index is 0.0236. The number of hydrogen-bond donors (Lipinski definition) is 12. The van der Waals surface area contributed by atoms with E-state index in [0.717, 1.165) is 86.8 Å². The average molecular weight is 1200 g/mol. The zero-order valence-electron chi connectivity index (χ0n) is 45.3. The molecule has 13 N–H and O–H groups in total. The van der Waals surface area contributed by atoms with Crippen LogP contribution in [0.15, 0.2) is 12.7 Å². The Labute approximate surface area is 462 Å². The highest BCUT2D eigenvalue weighted by molar-refractivity contribution is 8.13. The molecule has 0 bridgehead atoms. The Balaban J connectivity index is 0.774. The van der Waals surface area contributed by atoms with Crippen LogP contribution in [0.3, 0.4) is 0 Å². The number of aromatic nitrogens is 4. The van der Waals surface area contributed by atoms with Crippen molar-refractivity contribution in [1.29, 1.82) is 0 Å². The highest BCUT2D eigenvalue weighted by Crippen LogP contribution is 2.69. The first kappa shape index (κ1) is 64.0. The summed E-state index contributed by atoms with van der Waals surface area (Å²) in [5.41, 5.74) is 4.50. The number of rotatable bonds is 25. The molecule has 4 saturated carbocycles. The first-order valence-corrected chi connectivity index (χ1v) is 32.4. The van der Waals surface area contributed by atoms with Crippen molar-refractivity contribution in [3.63, 3.8) is 0 Å². The van der Waals surface area contributed by atoms with Gasteiger partial charge in [0.25, 0.3) is 0 Å². The monoisotopic (exact) mass is 1200 g/mol. The molecule has 2 aromatic rings. The number of carbonyl (C=O) groups excluding carboxylic acids is 3. The number of carbonyl (C=O) groups is 3. The van der Waals surface area contributed by atoms with Gasteiger partial charge in [-0.2, -0.15) is 4.31 Å². The van der Waals surface area contributed by atoms with E-state index in [1.54, 1.807) is 6.92 Å². The lowest BCUT2D eigenvalue weighted by atomic mass is 9.43. The van der Waals surface area contributed by atoms with E-state index in [1.807, 2.05) is 0 Å². The van der Waals surface area contributed by atoms with Crippen molar-refractivity contribution in [2.75, 3.05) is 37.8 Å². The number of aliphatic hydroxyl groups excluding tert-OH is 5. The summed E-state index contributed by atoms with van der Waals surface area (Å²) in [5.74, 6) is 0.407. The summed E-state index contributed by atoms with van der Waals surface area (Å²) >= 11 is 1.00. The molecule has 448 valence electrons. The number of phosphoric acid groups is 3. The lowest BCUT2D eigenvalue weighted by molar-refractivity contribution is -0.174. The van der Waals surface area contributed by atoms with E-state index in [9.17, 15) is 73.2 Å². The van der Waals surface area contributed by atoms with Gasteiger partial charge in [0, 0.05) is 30.7 Å². The van der Waals surface area contributed by atoms with Crippen molar-refractivity contribution in [1.82, 2.24) is 30.2 Å². The first-order chi connectivity index (χ1) is 36.8. The van der Waals surface area contributed by atoms with E-state index in [-0.39, 0.29) is 76.3 Å². The lowest BCUT2D eigenvalue weighted by Crippen LogP contribution is -2.58. The molecule has 27 nitrogen and oxygen atoms in total. The third-order valence-electron chi connectivity index (χ3n) is 18.0. The first-order valence-electron chi connectivity index (χ1n) is 26.9.